The van der Waals surface area contributed by atoms with Crippen LogP contribution in [0.4, 0.5) is 5.82 Å². The molecule has 2 aliphatic rings. The van der Waals surface area contributed by atoms with Crippen molar-refractivity contribution >= 4 is 23.5 Å². The maximum Gasteiger partial charge on any atom is 0.235 e. The van der Waals surface area contributed by atoms with Gasteiger partial charge in [-0.3, -0.25) is 9.48 Å². The van der Waals surface area contributed by atoms with Gasteiger partial charge in [-0.1, -0.05) is 6.07 Å². The summed E-state index contributed by atoms with van der Waals surface area (Å²) in [6.45, 7) is 3.11. The van der Waals surface area contributed by atoms with Crippen LogP contribution in [0.3, 0.4) is 0 Å². The number of aromatic nitrogens is 2. The fourth-order valence-corrected chi connectivity index (χ4v) is 4.21. The molecule has 0 saturated carbocycles. The van der Waals surface area contributed by atoms with Crippen molar-refractivity contribution in [2.24, 2.45) is 7.05 Å². The standard InChI is InChI=1S/C16H17N3O3S/c1-9-14-15(23-8-13(20)17-16(14)19(2)18-9)10-3-4-11-12(7-10)22-6-5-21-11/h3-4,7,15H,5-6,8H2,1-2H3,(H,17,20). The van der Waals surface area contributed by atoms with E-state index in [-0.39, 0.29) is 11.2 Å². The number of thioether (sulfide) groups is 1. The number of ether oxygens (including phenoxy) is 2. The second-order valence-electron chi connectivity index (χ2n) is 5.61. The Bertz CT molecular complexity index is 787. The lowest BCUT2D eigenvalue weighted by Gasteiger charge is -2.21. The Balaban J connectivity index is 1.81. The number of nitrogens with one attached hydrogen (secondary N) is 1. The van der Waals surface area contributed by atoms with Crippen LogP contribution in [0.25, 0.3) is 0 Å². The Hall–Kier alpha value is -2.15. The van der Waals surface area contributed by atoms with Crippen molar-refractivity contribution in [3.8, 4) is 11.5 Å². The molecule has 0 fully saturated rings. The molecule has 1 N–H and O–H groups in total. The second-order valence-corrected chi connectivity index (χ2v) is 6.71. The SMILES string of the molecule is Cc1nn(C)c2c1C(c1ccc3c(c1)OCCO3)SCC(=O)N2. The number of carbonyl (C=O) groups is 1. The van der Waals surface area contributed by atoms with Crippen LogP contribution in [0.1, 0.15) is 22.1 Å². The van der Waals surface area contributed by atoms with Gasteiger partial charge in [0.15, 0.2) is 11.5 Å². The number of anilines is 1. The van der Waals surface area contributed by atoms with Gasteiger partial charge in [0.2, 0.25) is 5.91 Å². The largest absolute Gasteiger partial charge is 0.486 e. The number of amides is 1. The first-order chi connectivity index (χ1) is 11.1. The van der Waals surface area contributed by atoms with E-state index < -0.39 is 0 Å². The molecule has 1 unspecified atom stereocenters. The topological polar surface area (TPSA) is 65.4 Å². The van der Waals surface area contributed by atoms with Crippen LogP contribution >= 0.6 is 11.8 Å². The molecule has 0 spiro atoms. The molecular formula is C16H17N3O3S. The Labute approximate surface area is 138 Å². The molecule has 3 heterocycles. The Kier molecular flexibility index (Phi) is 3.45. The molecule has 2 aromatic rings. The molecule has 120 valence electrons. The van der Waals surface area contributed by atoms with Crippen LogP contribution in [0, 0.1) is 6.92 Å². The maximum absolute atomic E-state index is 12.0. The summed E-state index contributed by atoms with van der Waals surface area (Å²) in [5, 5.41) is 7.46. The van der Waals surface area contributed by atoms with E-state index in [2.05, 4.69) is 10.4 Å². The molecule has 1 atom stereocenters. The summed E-state index contributed by atoms with van der Waals surface area (Å²) in [5.74, 6) is 2.72. The number of fused-ring (bicyclic) bond motifs is 2. The van der Waals surface area contributed by atoms with Crippen molar-refractivity contribution in [2.45, 2.75) is 12.2 Å². The summed E-state index contributed by atoms with van der Waals surface area (Å²) < 4.78 is 13.0. The number of hydrogen-bond donors (Lipinski definition) is 1. The van der Waals surface area contributed by atoms with Gasteiger partial charge in [0.1, 0.15) is 19.0 Å². The van der Waals surface area contributed by atoms with Gasteiger partial charge in [-0.15, -0.1) is 11.8 Å². The first kappa shape index (κ1) is 14.4. The minimum atomic E-state index is -0.000654. The fourth-order valence-electron chi connectivity index (χ4n) is 3.03. The van der Waals surface area contributed by atoms with Crippen molar-refractivity contribution < 1.29 is 14.3 Å². The third-order valence-electron chi connectivity index (χ3n) is 4.04. The zero-order chi connectivity index (χ0) is 16.0. The molecular weight excluding hydrogens is 314 g/mol. The van der Waals surface area contributed by atoms with E-state index in [9.17, 15) is 4.79 Å². The smallest absolute Gasteiger partial charge is 0.235 e. The van der Waals surface area contributed by atoms with Crippen LogP contribution in [0.15, 0.2) is 18.2 Å². The highest BCUT2D eigenvalue weighted by Crippen LogP contribution is 2.45. The molecule has 7 heteroatoms. The zero-order valence-electron chi connectivity index (χ0n) is 13.0. The fraction of sp³-hybridized carbons (Fsp3) is 0.375. The van der Waals surface area contributed by atoms with Gasteiger partial charge in [-0.05, 0) is 24.6 Å². The normalized spacial score (nSPS) is 19.7. The van der Waals surface area contributed by atoms with Crippen LogP contribution in [0.5, 0.6) is 11.5 Å². The predicted octanol–water partition coefficient (Wildman–Crippen LogP) is 2.27. The van der Waals surface area contributed by atoms with E-state index in [1.165, 1.54) is 0 Å². The zero-order valence-corrected chi connectivity index (χ0v) is 13.8. The van der Waals surface area contributed by atoms with Gasteiger partial charge in [0.25, 0.3) is 0 Å². The summed E-state index contributed by atoms with van der Waals surface area (Å²) in [7, 11) is 1.85. The number of aryl methyl sites for hydroxylation is 2. The van der Waals surface area contributed by atoms with E-state index in [1.54, 1.807) is 16.4 Å². The first-order valence-electron chi connectivity index (χ1n) is 7.48. The summed E-state index contributed by atoms with van der Waals surface area (Å²) in [6.07, 6.45) is 0. The molecule has 1 aromatic heterocycles. The lowest BCUT2D eigenvalue weighted by Crippen LogP contribution is -2.15. The van der Waals surface area contributed by atoms with Crippen molar-refractivity contribution in [1.82, 2.24) is 9.78 Å². The number of benzene rings is 1. The van der Waals surface area contributed by atoms with Crippen LogP contribution in [-0.2, 0) is 11.8 Å². The Morgan fingerprint density at radius 2 is 2.09 bits per heavy atom. The molecule has 2 aliphatic heterocycles. The quantitative estimate of drug-likeness (QED) is 0.868. The van der Waals surface area contributed by atoms with Crippen molar-refractivity contribution in [1.29, 1.82) is 0 Å². The number of nitrogens with zero attached hydrogens (tertiary/aromatic N) is 2. The van der Waals surface area contributed by atoms with E-state index in [1.807, 2.05) is 32.2 Å². The van der Waals surface area contributed by atoms with E-state index in [4.69, 9.17) is 9.47 Å². The van der Waals surface area contributed by atoms with Gasteiger partial charge < -0.3 is 14.8 Å². The second kappa shape index (κ2) is 5.49. The lowest BCUT2D eigenvalue weighted by molar-refractivity contribution is -0.113. The average molecular weight is 331 g/mol. The van der Waals surface area contributed by atoms with Crippen molar-refractivity contribution in [2.75, 3.05) is 24.3 Å². The van der Waals surface area contributed by atoms with E-state index in [0.29, 0.717) is 19.0 Å². The summed E-state index contributed by atoms with van der Waals surface area (Å²) in [5.41, 5.74) is 3.07. The highest BCUT2D eigenvalue weighted by atomic mass is 32.2. The minimum Gasteiger partial charge on any atom is -0.486 e. The van der Waals surface area contributed by atoms with E-state index in [0.717, 1.165) is 34.1 Å². The van der Waals surface area contributed by atoms with Crippen LogP contribution in [0.2, 0.25) is 0 Å². The predicted molar refractivity (Wildman–Crippen MR) is 88.3 cm³/mol. The third-order valence-corrected chi connectivity index (χ3v) is 5.31. The van der Waals surface area contributed by atoms with Gasteiger partial charge in [-0.25, -0.2) is 0 Å². The first-order valence-corrected chi connectivity index (χ1v) is 8.53. The molecule has 0 aliphatic carbocycles. The van der Waals surface area contributed by atoms with E-state index >= 15 is 0 Å². The highest BCUT2D eigenvalue weighted by Gasteiger charge is 2.30. The van der Waals surface area contributed by atoms with Gasteiger partial charge >= 0.3 is 0 Å². The molecule has 4 rings (SSSR count). The van der Waals surface area contributed by atoms with Crippen molar-refractivity contribution in [3.63, 3.8) is 0 Å². The van der Waals surface area contributed by atoms with Crippen LogP contribution in [-0.4, -0.2) is 34.7 Å². The number of carbonyl (C=O) groups excluding carboxylic acids is 1. The minimum absolute atomic E-state index is 0.000654. The maximum atomic E-state index is 12.0. The lowest BCUT2D eigenvalue weighted by atomic mass is 10.0. The molecule has 0 bridgehead atoms. The monoisotopic (exact) mass is 331 g/mol. The molecule has 0 radical (unpaired) electrons. The molecule has 0 saturated heterocycles. The summed E-state index contributed by atoms with van der Waals surface area (Å²) >= 11 is 1.60. The van der Waals surface area contributed by atoms with Gasteiger partial charge in [0, 0.05) is 12.6 Å². The number of rotatable bonds is 1. The molecule has 23 heavy (non-hydrogen) atoms. The third kappa shape index (κ3) is 2.45. The van der Waals surface area contributed by atoms with Crippen molar-refractivity contribution in [3.05, 3.63) is 35.0 Å². The average Bonchev–Trinajstić information content (AvgIpc) is 2.72. The highest BCUT2D eigenvalue weighted by molar-refractivity contribution is 8.00. The molecule has 6 nitrogen and oxygen atoms in total. The molecule has 1 amide bonds. The Morgan fingerprint density at radius 3 is 2.91 bits per heavy atom. The molecule has 1 aromatic carbocycles. The van der Waals surface area contributed by atoms with Gasteiger partial charge in [0.05, 0.1) is 16.7 Å². The van der Waals surface area contributed by atoms with Gasteiger partial charge in [-0.2, -0.15) is 5.10 Å². The van der Waals surface area contributed by atoms with Crippen LogP contribution < -0.4 is 14.8 Å². The number of hydrogen-bond acceptors (Lipinski definition) is 5. The summed E-state index contributed by atoms with van der Waals surface area (Å²) in [4.78, 5) is 12.0. The Morgan fingerprint density at radius 1 is 1.30 bits per heavy atom. The summed E-state index contributed by atoms with van der Waals surface area (Å²) in [6, 6.07) is 5.99.